The van der Waals surface area contributed by atoms with Gasteiger partial charge >= 0.3 is 0 Å². The van der Waals surface area contributed by atoms with Crippen LogP contribution in [0.15, 0.2) is 12.5 Å². The van der Waals surface area contributed by atoms with E-state index >= 15 is 0 Å². The summed E-state index contributed by atoms with van der Waals surface area (Å²) in [6, 6.07) is 0. The first-order valence-electron chi connectivity index (χ1n) is 4.41. The number of aryl methyl sites for hydroxylation is 1. The van der Waals surface area contributed by atoms with Crippen molar-refractivity contribution in [2.24, 2.45) is 0 Å². The van der Waals surface area contributed by atoms with E-state index in [1.54, 1.807) is 12.5 Å². The zero-order valence-electron chi connectivity index (χ0n) is 7.84. The molecule has 0 atom stereocenters. The highest BCUT2D eigenvalue weighted by atomic mass is 32.1. The zero-order chi connectivity index (χ0) is 9.97. The lowest BCUT2D eigenvalue weighted by molar-refractivity contribution is 0.682. The van der Waals surface area contributed by atoms with Gasteiger partial charge in [-0.2, -0.15) is 9.36 Å². The first-order chi connectivity index (χ1) is 6.81. The minimum absolute atomic E-state index is 0.490. The second kappa shape index (κ2) is 3.75. The lowest BCUT2D eigenvalue weighted by atomic mass is 10.4. The SMILES string of the molecule is CCCn1cncc1-c1nsc(N)n1. The molecule has 74 valence electrons. The summed E-state index contributed by atoms with van der Waals surface area (Å²) in [6.07, 6.45) is 4.61. The molecule has 6 heteroatoms. The Hall–Kier alpha value is -1.43. The fourth-order valence-corrected chi connectivity index (χ4v) is 1.71. The van der Waals surface area contributed by atoms with E-state index in [1.165, 1.54) is 11.5 Å². The van der Waals surface area contributed by atoms with Gasteiger partial charge in [0.25, 0.3) is 0 Å². The number of nitrogen functional groups attached to an aromatic ring is 1. The van der Waals surface area contributed by atoms with Crippen molar-refractivity contribution in [1.82, 2.24) is 18.9 Å². The van der Waals surface area contributed by atoms with E-state index in [2.05, 4.69) is 21.3 Å². The van der Waals surface area contributed by atoms with Gasteiger partial charge in [-0.3, -0.25) is 0 Å². The average molecular weight is 209 g/mol. The smallest absolute Gasteiger partial charge is 0.200 e. The Balaban J connectivity index is 2.36. The molecule has 0 aliphatic heterocycles. The summed E-state index contributed by atoms with van der Waals surface area (Å²) in [7, 11) is 0. The van der Waals surface area contributed by atoms with Crippen molar-refractivity contribution >= 4 is 16.7 Å². The summed E-state index contributed by atoms with van der Waals surface area (Å²) in [6.45, 7) is 3.04. The third kappa shape index (κ3) is 1.60. The van der Waals surface area contributed by atoms with Crippen LogP contribution in [-0.2, 0) is 6.54 Å². The maximum Gasteiger partial charge on any atom is 0.200 e. The van der Waals surface area contributed by atoms with Crippen LogP contribution in [0.25, 0.3) is 11.5 Å². The number of anilines is 1. The number of nitrogens with two attached hydrogens (primary N) is 1. The number of imidazole rings is 1. The minimum Gasteiger partial charge on any atom is -0.374 e. The van der Waals surface area contributed by atoms with Crippen LogP contribution in [-0.4, -0.2) is 18.9 Å². The maximum absolute atomic E-state index is 5.52. The summed E-state index contributed by atoms with van der Waals surface area (Å²) in [4.78, 5) is 8.19. The number of hydrogen-bond acceptors (Lipinski definition) is 5. The van der Waals surface area contributed by atoms with Gasteiger partial charge in [0.2, 0.25) is 0 Å². The average Bonchev–Trinajstić information content (AvgIpc) is 2.74. The van der Waals surface area contributed by atoms with Gasteiger partial charge in [0.05, 0.1) is 12.5 Å². The second-order valence-electron chi connectivity index (χ2n) is 2.93. The number of hydrogen-bond donors (Lipinski definition) is 1. The third-order valence-electron chi connectivity index (χ3n) is 1.85. The molecule has 2 heterocycles. The normalized spacial score (nSPS) is 10.6. The molecule has 0 amide bonds. The van der Waals surface area contributed by atoms with Crippen LogP contribution >= 0.6 is 11.5 Å². The molecule has 0 saturated heterocycles. The lowest BCUT2D eigenvalue weighted by Crippen LogP contribution is -1.98. The molecule has 0 bridgehead atoms. The molecule has 2 aromatic heterocycles. The predicted octanol–water partition coefficient (Wildman–Crippen LogP) is 1.39. The van der Waals surface area contributed by atoms with E-state index < -0.39 is 0 Å². The van der Waals surface area contributed by atoms with Gasteiger partial charge in [0.15, 0.2) is 11.0 Å². The molecule has 2 N–H and O–H groups in total. The molecule has 0 saturated carbocycles. The van der Waals surface area contributed by atoms with Crippen LogP contribution in [0.3, 0.4) is 0 Å². The standard InChI is InChI=1S/C8H11N5S/c1-2-3-13-5-10-4-6(13)7-11-8(9)14-12-7/h4-5H,2-3H2,1H3,(H2,9,11,12). The van der Waals surface area contributed by atoms with Gasteiger partial charge in [0, 0.05) is 18.1 Å². The summed E-state index contributed by atoms with van der Waals surface area (Å²) in [5.74, 6) is 0.665. The van der Waals surface area contributed by atoms with E-state index in [0.717, 1.165) is 18.7 Å². The third-order valence-corrected chi connectivity index (χ3v) is 2.39. The number of aromatic nitrogens is 4. The van der Waals surface area contributed by atoms with E-state index in [-0.39, 0.29) is 0 Å². The van der Waals surface area contributed by atoms with Crippen molar-refractivity contribution in [3.05, 3.63) is 12.5 Å². The molecule has 5 nitrogen and oxygen atoms in total. The first kappa shape index (κ1) is 9.14. The molecule has 0 aliphatic carbocycles. The minimum atomic E-state index is 0.490. The summed E-state index contributed by atoms with van der Waals surface area (Å²) in [5.41, 5.74) is 6.45. The van der Waals surface area contributed by atoms with Crippen LogP contribution < -0.4 is 5.73 Å². The maximum atomic E-state index is 5.52. The highest BCUT2D eigenvalue weighted by molar-refractivity contribution is 7.09. The highest BCUT2D eigenvalue weighted by Crippen LogP contribution is 2.18. The fourth-order valence-electron chi connectivity index (χ4n) is 1.27. The Morgan fingerprint density at radius 3 is 3.07 bits per heavy atom. The van der Waals surface area contributed by atoms with Crippen LogP contribution in [0.1, 0.15) is 13.3 Å². The molecular weight excluding hydrogens is 198 g/mol. The monoisotopic (exact) mass is 209 g/mol. The van der Waals surface area contributed by atoms with Crippen LogP contribution in [0.2, 0.25) is 0 Å². The summed E-state index contributed by atoms with van der Waals surface area (Å²) in [5, 5.41) is 0.490. The Bertz CT molecular complexity index is 419. The van der Waals surface area contributed by atoms with Crippen molar-refractivity contribution in [2.45, 2.75) is 19.9 Å². The largest absolute Gasteiger partial charge is 0.374 e. The van der Waals surface area contributed by atoms with E-state index in [9.17, 15) is 0 Å². The van der Waals surface area contributed by atoms with Gasteiger partial charge in [-0.1, -0.05) is 6.92 Å². The molecule has 0 aromatic carbocycles. The van der Waals surface area contributed by atoms with Gasteiger partial charge in [0.1, 0.15) is 5.69 Å². The second-order valence-corrected chi connectivity index (χ2v) is 3.71. The summed E-state index contributed by atoms with van der Waals surface area (Å²) >= 11 is 1.20. The van der Waals surface area contributed by atoms with Crippen molar-refractivity contribution in [3.8, 4) is 11.5 Å². The lowest BCUT2D eigenvalue weighted by Gasteiger charge is -2.01. The molecule has 14 heavy (non-hydrogen) atoms. The van der Waals surface area contributed by atoms with E-state index in [0.29, 0.717) is 11.0 Å². The molecule has 0 spiro atoms. The molecule has 0 aliphatic rings. The Labute approximate surface area is 85.8 Å². The van der Waals surface area contributed by atoms with Gasteiger partial charge in [-0.25, -0.2) is 4.98 Å². The zero-order valence-corrected chi connectivity index (χ0v) is 8.66. The van der Waals surface area contributed by atoms with Crippen molar-refractivity contribution in [1.29, 1.82) is 0 Å². The van der Waals surface area contributed by atoms with Crippen molar-refractivity contribution in [2.75, 3.05) is 5.73 Å². The highest BCUT2D eigenvalue weighted by Gasteiger charge is 2.09. The first-order valence-corrected chi connectivity index (χ1v) is 5.18. The number of nitrogens with zero attached hydrogens (tertiary/aromatic N) is 4. The van der Waals surface area contributed by atoms with Gasteiger partial charge < -0.3 is 10.3 Å². The molecule has 0 radical (unpaired) electrons. The van der Waals surface area contributed by atoms with Crippen molar-refractivity contribution in [3.63, 3.8) is 0 Å². The Morgan fingerprint density at radius 1 is 1.57 bits per heavy atom. The van der Waals surface area contributed by atoms with Crippen LogP contribution in [0.4, 0.5) is 5.13 Å². The quantitative estimate of drug-likeness (QED) is 0.829. The molecular formula is C8H11N5S. The van der Waals surface area contributed by atoms with E-state index in [1.807, 2.05) is 4.57 Å². The molecule has 2 aromatic rings. The Kier molecular flexibility index (Phi) is 2.45. The number of rotatable bonds is 3. The summed E-state index contributed by atoms with van der Waals surface area (Å²) < 4.78 is 6.18. The van der Waals surface area contributed by atoms with Crippen molar-refractivity contribution < 1.29 is 0 Å². The Morgan fingerprint density at radius 2 is 2.43 bits per heavy atom. The topological polar surface area (TPSA) is 69.6 Å². The molecule has 0 fully saturated rings. The van der Waals surface area contributed by atoms with E-state index in [4.69, 9.17) is 5.73 Å². The van der Waals surface area contributed by atoms with Gasteiger partial charge in [-0.15, -0.1) is 0 Å². The van der Waals surface area contributed by atoms with Crippen LogP contribution in [0, 0.1) is 0 Å². The fraction of sp³-hybridized carbons (Fsp3) is 0.375. The molecule has 0 unspecified atom stereocenters. The van der Waals surface area contributed by atoms with Gasteiger partial charge in [-0.05, 0) is 6.42 Å². The van der Waals surface area contributed by atoms with Crippen LogP contribution in [0.5, 0.6) is 0 Å². The predicted molar refractivity (Wildman–Crippen MR) is 55.8 cm³/mol. The molecule has 2 rings (SSSR count).